The van der Waals surface area contributed by atoms with Crippen molar-refractivity contribution in [3.05, 3.63) is 29.0 Å². The predicted molar refractivity (Wildman–Crippen MR) is 81.2 cm³/mol. The second-order valence-corrected chi connectivity index (χ2v) is 5.70. The zero-order valence-corrected chi connectivity index (χ0v) is 13.0. The van der Waals surface area contributed by atoms with Crippen LogP contribution in [0.2, 0.25) is 5.02 Å². The van der Waals surface area contributed by atoms with Gasteiger partial charge in [0.05, 0.1) is 17.3 Å². The van der Waals surface area contributed by atoms with Crippen LogP contribution in [0.5, 0.6) is 0 Å². The van der Waals surface area contributed by atoms with Crippen LogP contribution in [-0.2, 0) is 14.3 Å². The highest BCUT2D eigenvalue weighted by Crippen LogP contribution is 2.23. The topological polar surface area (TPSA) is 58.6 Å². The number of nitrogens with one attached hydrogen (secondary N) is 1. The van der Waals surface area contributed by atoms with Gasteiger partial charge >= 0.3 is 11.8 Å². The molecule has 0 spiro atoms. The molecule has 1 aromatic rings. The molecule has 0 bridgehead atoms. The van der Waals surface area contributed by atoms with Gasteiger partial charge in [-0.05, 0) is 37.0 Å². The summed E-state index contributed by atoms with van der Waals surface area (Å²) in [6.07, 6.45) is 1.79. The molecule has 0 aromatic heterocycles. The van der Waals surface area contributed by atoms with Gasteiger partial charge < -0.3 is 15.0 Å². The second-order valence-electron chi connectivity index (χ2n) is 5.29. The lowest BCUT2D eigenvalue weighted by Crippen LogP contribution is -2.46. The number of likely N-dealkylation sites (tertiary alicyclic amines) is 1. The van der Waals surface area contributed by atoms with Crippen molar-refractivity contribution in [1.82, 2.24) is 4.90 Å². The molecule has 22 heavy (non-hydrogen) atoms. The quantitative estimate of drug-likeness (QED) is 0.866. The van der Waals surface area contributed by atoms with E-state index >= 15 is 0 Å². The number of anilines is 1. The van der Waals surface area contributed by atoms with E-state index in [4.69, 9.17) is 16.3 Å². The van der Waals surface area contributed by atoms with Crippen molar-refractivity contribution in [2.45, 2.75) is 12.8 Å². The molecule has 1 heterocycles. The fourth-order valence-electron chi connectivity index (χ4n) is 2.53. The number of carbonyl (C=O) groups excluding carboxylic acids is 2. The van der Waals surface area contributed by atoms with Gasteiger partial charge in [-0.2, -0.15) is 0 Å². The van der Waals surface area contributed by atoms with Gasteiger partial charge in [0.25, 0.3) is 0 Å². The Morgan fingerprint density at radius 2 is 2.27 bits per heavy atom. The molecule has 0 aliphatic carbocycles. The lowest BCUT2D eigenvalue weighted by atomic mass is 9.99. The zero-order valence-electron chi connectivity index (χ0n) is 12.3. The van der Waals surface area contributed by atoms with Crippen molar-refractivity contribution in [3.8, 4) is 0 Å². The van der Waals surface area contributed by atoms with Crippen LogP contribution >= 0.6 is 11.6 Å². The molecule has 1 aliphatic heterocycles. The third-order valence-electron chi connectivity index (χ3n) is 3.58. The van der Waals surface area contributed by atoms with Crippen molar-refractivity contribution in [2.24, 2.45) is 5.92 Å². The predicted octanol–water partition coefficient (Wildman–Crippen LogP) is 2.30. The first kappa shape index (κ1) is 16.7. The van der Waals surface area contributed by atoms with Crippen molar-refractivity contribution in [2.75, 3.05) is 32.1 Å². The third-order valence-corrected chi connectivity index (χ3v) is 3.91. The zero-order chi connectivity index (χ0) is 16.1. The van der Waals surface area contributed by atoms with Crippen LogP contribution in [0, 0.1) is 11.7 Å². The molecule has 1 saturated heterocycles. The van der Waals surface area contributed by atoms with E-state index < -0.39 is 17.6 Å². The molecule has 5 nitrogen and oxygen atoms in total. The summed E-state index contributed by atoms with van der Waals surface area (Å²) in [6.45, 7) is 1.57. The number of nitrogens with zero attached hydrogens (tertiary/aromatic N) is 1. The van der Waals surface area contributed by atoms with Gasteiger partial charge in [-0.1, -0.05) is 11.6 Å². The molecule has 7 heteroatoms. The average molecular weight is 329 g/mol. The molecule has 1 N–H and O–H groups in total. The van der Waals surface area contributed by atoms with Crippen LogP contribution in [0.1, 0.15) is 12.8 Å². The first-order chi connectivity index (χ1) is 10.5. The monoisotopic (exact) mass is 328 g/mol. The van der Waals surface area contributed by atoms with Crippen LogP contribution in [0.4, 0.5) is 10.1 Å². The van der Waals surface area contributed by atoms with Crippen LogP contribution in [-0.4, -0.2) is 43.5 Å². The highest BCUT2D eigenvalue weighted by molar-refractivity contribution is 6.41. The van der Waals surface area contributed by atoms with Gasteiger partial charge in [0.2, 0.25) is 0 Å². The Balaban J connectivity index is 1.99. The van der Waals surface area contributed by atoms with Crippen LogP contribution < -0.4 is 5.32 Å². The Kier molecular flexibility index (Phi) is 5.74. The normalized spacial score (nSPS) is 18.1. The Morgan fingerprint density at radius 1 is 1.50 bits per heavy atom. The SMILES string of the molecule is COC[C@@H]1CCCN(C(=O)C(=O)Nc2cc(F)ccc2Cl)C1. The van der Waals surface area contributed by atoms with Crippen LogP contribution in [0.3, 0.4) is 0 Å². The number of ether oxygens (including phenoxy) is 1. The molecule has 120 valence electrons. The van der Waals surface area contributed by atoms with Gasteiger partial charge in [0.1, 0.15) is 5.82 Å². The summed E-state index contributed by atoms with van der Waals surface area (Å²) in [6, 6.07) is 3.59. The molecule has 1 fully saturated rings. The number of hydrogen-bond donors (Lipinski definition) is 1. The highest BCUT2D eigenvalue weighted by Gasteiger charge is 2.28. The van der Waals surface area contributed by atoms with Gasteiger partial charge in [-0.15, -0.1) is 0 Å². The number of methoxy groups -OCH3 is 1. The van der Waals surface area contributed by atoms with Crippen LogP contribution in [0.15, 0.2) is 18.2 Å². The highest BCUT2D eigenvalue weighted by atomic mass is 35.5. The summed E-state index contributed by atoms with van der Waals surface area (Å²) < 4.78 is 18.3. The molecular weight excluding hydrogens is 311 g/mol. The summed E-state index contributed by atoms with van der Waals surface area (Å²) in [7, 11) is 1.61. The molecular formula is C15H18ClFN2O3. The van der Waals surface area contributed by atoms with Crippen LogP contribution in [0.25, 0.3) is 0 Å². The molecule has 2 rings (SSSR count). The van der Waals surface area contributed by atoms with Gasteiger partial charge in [-0.25, -0.2) is 4.39 Å². The molecule has 1 aromatic carbocycles. The molecule has 1 aliphatic rings. The standard InChI is InChI=1S/C15H18ClFN2O3/c1-22-9-10-3-2-6-19(8-10)15(21)14(20)18-13-7-11(17)4-5-12(13)16/h4-5,7,10H,2-3,6,8-9H2,1H3,(H,18,20)/t10-/m1/s1. The van der Waals surface area contributed by atoms with Gasteiger partial charge in [-0.3, -0.25) is 9.59 Å². The van der Waals surface area contributed by atoms with Crippen molar-refractivity contribution in [1.29, 1.82) is 0 Å². The smallest absolute Gasteiger partial charge is 0.313 e. The molecule has 0 unspecified atom stereocenters. The fourth-order valence-corrected chi connectivity index (χ4v) is 2.70. The Morgan fingerprint density at radius 3 is 3.00 bits per heavy atom. The summed E-state index contributed by atoms with van der Waals surface area (Å²) in [4.78, 5) is 25.7. The minimum Gasteiger partial charge on any atom is -0.384 e. The number of hydrogen-bond acceptors (Lipinski definition) is 3. The Labute approximate surface area is 133 Å². The van der Waals surface area contributed by atoms with E-state index in [-0.39, 0.29) is 16.6 Å². The van der Waals surface area contributed by atoms with E-state index in [2.05, 4.69) is 5.32 Å². The Hall–Kier alpha value is -1.66. The fraction of sp³-hybridized carbons (Fsp3) is 0.467. The summed E-state index contributed by atoms with van der Waals surface area (Å²) in [5, 5.41) is 2.54. The number of rotatable bonds is 3. The summed E-state index contributed by atoms with van der Waals surface area (Å²) in [5.41, 5.74) is 0.0884. The van der Waals surface area contributed by atoms with Crippen molar-refractivity contribution >= 4 is 29.1 Å². The lowest BCUT2D eigenvalue weighted by molar-refractivity contribution is -0.144. The minimum absolute atomic E-state index is 0.0884. The number of halogens is 2. The number of amides is 2. The maximum atomic E-state index is 13.2. The minimum atomic E-state index is -0.814. The number of benzene rings is 1. The van der Waals surface area contributed by atoms with Crippen molar-refractivity contribution in [3.63, 3.8) is 0 Å². The van der Waals surface area contributed by atoms with E-state index in [9.17, 15) is 14.0 Å². The van der Waals surface area contributed by atoms with Gasteiger partial charge in [0, 0.05) is 20.2 Å². The number of carbonyl (C=O) groups is 2. The average Bonchev–Trinajstić information content (AvgIpc) is 2.50. The van der Waals surface area contributed by atoms with Gasteiger partial charge in [0.15, 0.2) is 0 Å². The summed E-state index contributed by atoms with van der Waals surface area (Å²) >= 11 is 5.87. The molecule has 2 amide bonds. The van der Waals surface area contributed by atoms with Crippen molar-refractivity contribution < 1.29 is 18.7 Å². The van der Waals surface area contributed by atoms with E-state index in [1.54, 1.807) is 7.11 Å². The molecule has 1 atom stereocenters. The molecule has 0 saturated carbocycles. The third kappa shape index (κ3) is 4.18. The second kappa shape index (κ2) is 7.56. The number of piperidine rings is 1. The van der Waals surface area contributed by atoms with E-state index in [1.807, 2.05) is 0 Å². The largest absolute Gasteiger partial charge is 0.384 e. The first-order valence-corrected chi connectivity index (χ1v) is 7.43. The van der Waals surface area contributed by atoms with E-state index in [0.29, 0.717) is 19.7 Å². The first-order valence-electron chi connectivity index (χ1n) is 7.05. The lowest BCUT2D eigenvalue weighted by Gasteiger charge is -2.31. The maximum Gasteiger partial charge on any atom is 0.313 e. The van der Waals surface area contributed by atoms with E-state index in [0.717, 1.165) is 18.9 Å². The summed E-state index contributed by atoms with van der Waals surface area (Å²) in [5.74, 6) is -1.76. The Bertz CT molecular complexity index is 566. The maximum absolute atomic E-state index is 13.2. The molecule has 0 radical (unpaired) electrons. The van der Waals surface area contributed by atoms with E-state index in [1.165, 1.54) is 17.0 Å².